The number of nitrogens with zero attached hydrogens (tertiary/aromatic N) is 1. The number of carbonyl (C=O) groups is 1. The number of rotatable bonds is 9. The van der Waals surface area contributed by atoms with Gasteiger partial charge in [0.1, 0.15) is 18.0 Å². The third-order valence-corrected chi connectivity index (χ3v) is 9.21. The summed E-state index contributed by atoms with van der Waals surface area (Å²) in [5, 5.41) is 2.34. The van der Waals surface area contributed by atoms with Crippen LogP contribution < -0.4 is 4.74 Å². The highest BCUT2D eigenvalue weighted by atomic mass is 32.2. The smallest absolute Gasteiger partial charge is 0.410 e. The molecule has 1 fully saturated rings. The molecule has 226 valence electrons. The number of piperidine rings is 1. The van der Waals surface area contributed by atoms with Gasteiger partial charge in [-0.25, -0.2) is 13.2 Å². The predicted molar refractivity (Wildman–Crippen MR) is 168 cm³/mol. The Morgan fingerprint density at radius 1 is 0.884 bits per heavy atom. The molecule has 0 radical (unpaired) electrons. The van der Waals surface area contributed by atoms with Crippen molar-refractivity contribution in [3.05, 3.63) is 108 Å². The third-order valence-electron chi connectivity index (χ3n) is 7.52. The number of amides is 1. The van der Waals surface area contributed by atoms with Crippen LogP contribution in [0.4, 0.5) is 4.79 Å². The van der Waals surface area contributed by atoms with Crippen LogP contribution in [0.25, 0.3) is 10.8 Å². The quantitative estimate of drug-likeness (QED) is 0.205. The first-order chi connectivity index (χ1) is 20.6. The molecule has 7 nitrogen and oxygen atoms in total. The third kappa shape index (κ3) is 8.15. The fourth-order valence-electron chi connectivity index (χ4n) is 5.32. The van der Waals surface area contributed by atoms with E-state index in [1.807, 2.05) is 57.2 Å². The summed E-state index contributed by atoms with van der Waals surface area (Å²) in [5.41, 5.74) is 1.57. The van der Waals surface area contributed by atoms with E-state index in [9.17, 15) is 13.2 Å². The van der Waals surface area contributed by atoms with E-state index in [0.29, 0.717) is 30.3 Å². The van der Waals surface area contributed by atoms with E-state index in [1.165, 1.54) is 5.39 Å². The van der Waals surface area contributed by atoms with Gasteiger partial charge in [0.2, 0.25) is 0 Å². The van der Waals surface area contributed by atoms with Crippen LogP contribution in [-0.2, 0) is 25.9 Å². The van der Waals surface area contributed by atoms with Crippen molar-refractivity contribution in [3.8, 4) is 5.75 Å². The summed E-state index contributed by atoms with van der Waals surface area (Å²) in [5.74, 6) is 0.561. The molecule has 1 aliphatic heterocycles. The Morgan fingerprint density at radius 2 is 1.58 bits per heavy atom. The molecule has 1 aliphatic rings. The van der Waals surface area contributed by atoms with Gasteiger partial charge in [0.15, 0.2) is 9.84 Å². The number of carbonyl (C=O) groups excluding carboxylic acids is 1. The fourth-order valence-corrected chi connectivity index (χ4v) is 6.43. The Morgan fingerprint density at radius 3 is 2.30 bits per heavy atom. The zero-order valence-electron chi connectivity index (χ0n) is 24.9. The van der Waals surface area contributed by atoms with Crippen LogP contribution in [0.15, 0.2) is 102 Å². The van der Waals surface area contributed by atoms with Crippen LogP contribution in [0, 0.1) is 0 Å². The minimum atomic E-state index is -3.41. The maximum Gasteiger partial charge on any atom is 0.410 e. The summed E-state index contributed by atoms with van der Waals surface area (Å²) in [4.78, 5) is 14.9. The van der Waals surface area contributed by atoms with Crippen molar-refractivity contribution in [2.24, 2.45) is 0 Å². The summed E-state index contributed by atoms with van der Waals surface area (Å²) in [6.07, 6.45) is 0.145. The normalized spacial score (nSPS) is 17.5. The first-order valence-electron chi connectivity index (χ1n) is 14.7. The van der Waals surface area contributed by atoms with E-state index >= 15 is 0 Å². The Kier molecular flexibility index (Phi) is 9.37. The zero-order valence-corrected chi connectivity index (χ0v) is 25.8. The van der Waals surface area contributed by atoms with Gasteiger partial charge in [0.25, 0.3) is 0 Å². The number of ether oxygens (including phenoxy) is 3. The predicted octanol–water partition coefficient (Wildman–Crippen LogP) is 7.00. The molecule has 0 aromatic heterocycles. The molecular weight excluding hydrogens is 562 g/mol. The molecule has 1 heterocycles. The maximum atomic E-state index is 12.9. The molecule has 43 heavy (non-hydrogen) atoms. The Labute approximate surface area is 254 Å². The van der Waals surface area contributed by atoms with Crippen molar-refractivity contribution in [3.63, 3.8) is 0 Å². The molecule has 0 spiro atoms. The number of likely N-dealkylation sites (tertiary alicyclic amines) is 1. The topological polar surface area (TPSA) is 82.1 Å². The van der Waals surface area contributed by atoms with Gasteiger partial charge in [0, 0.05) is 12.5 Å². The number of hydrogen-bond acceptors (Lipinski definition) is 6. The standard InChI is InChI=1S/C35H39NO6S/c1-35(2,3)42-34(37)36-20-19-32(33(24-36)41-25-26-13-14-27-9-7-8-10-29(27)23-26)28-15-17-30(18-16-28)40-21-22-43(38,39)31-11-5-4-6-12-31/h4-18,23,32-33H,19-22,24-25H2,1-3H3. The van der Waals surface area contributed by atoms with E-state index in [-0.39, 0.29) is 30.5 Å². The van der Waals surface area contributed by atoms with Crippen molar-refractivity contribution in [1.29, 1.82) is 0 Å². The van der Waals surface area contributed by atoms with Crippen molar-refractivity contribution in [2.75, 3.05) is 25.4 Å². The molecule has 0 N–H and O–H groups in total. The summed E-state index contributed by atoms with van der Waals surface area (Å²) in [7, 11) is -3.41. The number of hydrogen-bond donors (Lipinski definition) is 0. The number of fused-ring (bicyclic) bond motifs is 1. The van der Waals surface area contributed by atoms with Gasteiger partial charge in [-0.1, -0.05) is 66.7 Å². The highest BCUT2D eigenvalue weighted by Crippen LogP contribution is 2.33. The minimum Gasteiger partial charge on any atom is -0.493 e. The molecule has 1 amide bonds. The molecule has 1 saturated heterocycles. The summed E-state index contributed by atoms with van der Waals surface area (Å²) in [6.45, 7) is 7.06. The molecule has 0 saturated carbocycles. The zero-order chi connectivity index (χ0) is 30.5. The van der Waals surface area contributed by atoms with Crippen LogP contribution in [0.2, 0.25) is 0 Å². The molecule has 0 aliphatic carbocycles. The second-order valence-electron chi connectivity index (χ2n) is 11.9. The Balaban J connectivity index is 1.26. The molecule has 2 atom stereocenters. The molecular formula is C35H39NO6S. The molecule has 8 heteroatoms. The van der Waals surface area contributed by atoms with E-state index in [0.717, 1.165) is 22.9 Å². The highest BCUT2D eigenvalue weighted by Gasteiger charge is 2.35. The number of benzene rings is 4. The Hall–Kier alpha value is -3.88. The average molecular weight is 602 g/mol. The second-order valence-corrected chi connectivity index (χ2v) is 14.0. The molecule has 4 aromatic rings. The molecule has 0 bridgehead atoms. The minimum absolute atomic E-state index is 0.0579. The SMILES string of the molecule is CC(C)(C)OC(=O)N1CCC(c2ccc(OCCS(=O)(=O)c3ccccc3)cc2)C(OCc2ccc3ccccc3c2)C1. The number of sulfone groups is 1. The Bertz CT molecular complexity index is 1630. The summed E-state index contributed by atoms with van der Waals surface area (Å²) in [6, 6.07) is 30.7. The van der Waals surface area contributed by atoms with Crippen molar-refractivity contribution < 1.29 is 27.4 Å². The van der Waals surface area contributed by atoms with Gasteiger partial charge in [-0.05, 0) is 79.4 Å². The lowest BCUT2D eigenvalue weighted by atomic mass is 9.87. The van der Waals surface area contributed by atoms with Gasteiger partial charge in [0.05, 0.1) is 29.9 Å². The first kappa shape index (κ1) is 30.6. The van der Waals surface area contributed by atoms with Crippen LogP contribution in [0.3, 0.4) is 0 Å². The second kappa shape index (κ2) is 13.2. The van der Waals surface area contributed by atoms with E-state index < -0.39 is 15.4 Å². The van der Waals surface area contributed by atoms with Gasteiger partial charge < -0.3 is 19.1 Å². The lowest BCUT2D eigenvalue weighted by molar-refractivity contribution is -0.0359. The molecule has 2 unspecified atom stereocenters. The van der Waals surface area contributed by atoms with Gasteiger partial charge in [-0.3, -0.25) is 0 Å². The van der Waals surface area contributed by atoms with E-state index in [2.05, 4.69) is 30.3 Å². The van der Waals surface area contributed by atoms with Crippen LogP contribution in [0.1, 0.15) is 44.2 Å². The van der Waals surface area contributed by atoms with Crippen molar-refractivity contribution >= 4 is 26.7 Å². The molecule has 5 rings (SSSR count). The average Bonchev–Trinajstić information content (AvgIpc) is 3.00. The van der Waals surface area contributed by atoms with Crippen LogP contribution >= 0.6 is 0 Å². The lowest BCUT2D eigenvalue weighted by Crippen LogP contribution is -2.48. The van der Waals surface area contributed by atoms with Gasteiger partial charge in [-0.2, -0.15) is 0 Å². The highest BCUT2D eigenvalue weighted by molar-refractivity contribution is 7.91. The molecule has 4 aromatic carbocycles. The van der Waals surface area contributed by atoms with Crippen molar-refractivity contribution in [2.45, 2.75) is 56.3 Å². The summed E-state index contributed by atoms with van der Waals surface area (Å²) >= 11 is 0. The largest absolute Gasteiger partial charge is 0.493 e. The maximum absolute atomic E-state index is 12.9. The van der Waals surface area contributed by atoms with Gasteiger partial charge >= 0.3 is 6.09 Å². The van der Waals surface area contributed by atoms with Crippen LogP contribution in [0.5, 0.6) is 5.75 Å². The monoisotopic (exact) mass is 601 g/mol. The fraction of sp³-hybridized carbons (Fsp3) is 0.343. The van der Waals surface area contributed by atoms with Crippen LogP contribution in [-0.4, -0.2) is 56.6 Å². The summed E-state index contributed by atoms with van der Waals surface area (Å²) < 4.78 is 43.1. The first-order valence-corrected chi connectivity index (χ1v) is 16.3. The van der Waals surface area contributed by atoms with Gasteiger partial charge in [-0.15, -0.1) is 0 Å². The van der Waals surface area contributed by atoms with Crippen molar-refractivity contribution in [1.82, 2.24) is 4.90 Å². The van der Waals surface area contributed by atoms with E-state index in [4.69, 9.17) is 14.2 Å². The van der Waals surface area contributed by atoms with E-state index in [1.54, 1.807) is 35.2 Å². The lowest BCUT2D eigenvalue weighted by Gasteiger charge is -2.39.